The molecule has 0 saturated heterocycles. The second-order valence-electron chi connectivity index (χ2n) is 4.85. The van der Waals surface area contributed by atoms with E-state index in [-0.39, 0.29) is 5.97 Å². The van der Waals surface area contributed by atoms with Gasteiger partial charge in [0.15, 0.2) is 0 Å². The van der Waals surface area contributed by atoms with E-state index in [4.69, 9.17) is 4.74 Å². The fourth-order valence-corrected chi connectivity index (χ4v) is 6.42. The van der Waals surface area contributed by atoms with Crippen LogP contribution in [0, 0.1) is 0 Å². The summed E-state index contributed by atoms with van der Waals surface area (Å²) in [5, 5.41) is 6.41. The lowest BCUT2D eigenvalue weighted by atomic mass is 10.1. The number of thioether (sulfide) groups is 4. The summed E-state index contributed by atoms with van der Waals surface area (Å²) in [4.78, 5) is 13.1. The van der Waals surface area contributed by atoms with Crippen LogP contribution in [0.25, 0.3) is 4.91 Å². The molecule has 0 amide bonds. The maximum absolute atomic E-state index is 11.9. The molecule has 0 fully saturated rings. The third-order valence-electron chi connectivity index (χ3n) is 3.18. The van der Waals surface area contributed by atoms with Gasteiger partial charge in [0.25, 0.3) is 0 Å². The molecule has 0 aromatic heterocycles. The minimum absolute atomic E-state index is 0.236. The zero-order valence-electron chi connectivity index (χ0n) is 12.6. The molecule has 0 N–H and O–H groups in total. The lowest BCUT2D eigenvalue weighted by molar-refractivity contribution is 0.0500. The van der Waals surface area contributed by atoms with E-state index >= 15 is 0 Å². The second kappa shape index (κ2) is 8.42. The number of carbonyl (C=O) groups is 1. The van der Waals surface area contributed by atoms with Crippen LogP contribution in [0.5, 0.6) is 0 Å². The van der Waals surface area contributed by atoms with Gasteiger partial charge in [-0.3, -0.25) is 0 Å². The van der Waals surface area contributed by atoms with Gasteiger partial charge in [0, 0.05) is 4.91 Å². The summed E-state index contributed by atoms with van der Waals surface area (Å²) in [6.07, 6.45) is 1.94. The summed E-state index contributed by atoms with van der Waals surface area (Å²) in [6.45, 7) is 2.57. The molecule has 2 aliphatic rings. The number of esters is 1. The van der Waals surface area contributed by atoms with E-state index in [1.807, 2.05) is 24.3 Å². The highest BCUT2D eigenvalue weighted by Crippen LogP contribution is 2.55. The second-order valence-corrected chi connectivity index (χ2v) is 9.13. The van der Waals surface area contributed by atoms with E-state index < -0.39 is 0 Å². The fourth-order valence-electron chi connectivity index (χ4n) is 1.94. The SMILES string of the molecule is CCCCOC(=O)c1ccc(C2=CSC(=C3SC=CS3)S2)cc1. The zero-order chi connectivity index (χ0) is 16.1. The highest BCUT2D eigenvalue weighted by molar-refractivity contribution is 8.35. The molecular weight excluding hydrogens is 364 g/mol. The number of benzene rings is 1. The van der Waals surface area contributed by atoms with E-state index in [0.717, 1.165) is 18.4 Å². The summed E-state index contributed by atoms with van der Waals surface area (Å²) in [7, 11) is 0. The largest absolute Gasteiger partial charge is 0.462 e. The molecule has 0 unspecified atom stereocenters. The lowest BCUT2D eigenvalue weighted by Gasteiger charge is -2.06. The first kappa shape index (κ1) is 17.1. The Morgan fingerprint density at radius 2 is 1.78 bits per heavy atom. The predicted molar refractivity (Wildman–Crippen MR) is 106 cm³/mol. The first-order valence-electron chi connectivity index (χ1n) is 7.33. The zero-order valence-corrected chi connectivity index (χ0v) is 15.9. The molecule has 0 saturated carbocycles. The first-order valence-corrected chi connectivity index (χ1v) is 10.8. The van der Waals surface area contributed by atoms with Crippen LogP contribution in [-0.2, 0) is 4.74 Å². The molecule has 2 nitrogen and oxygen atoms in total. The third-order valence-corrected chi connectivity index (χ3v) is 8.25. The number of hydrogen-bond donors (Lipinski definition) is 0. The first-order chi connectivity index (χ1) is 11.3. The van der Waals surface area contributed by atoms with Crippen molar-refractivity contribution in [2.45, 2.75) is 19.8 Å². The third kappa shape index (κ3) is 4.44. The summed E-state index contributed by atoms with van der Waals surface area (Å²) < 4.78 is 7.92. The van der Waals surface area contributed by atoms with Crippen LogP contribution in [0.1, 0.15) is 35.7 Å². The Hall–Kier alpha value is -0.690. The highest BCUT2D eigenvalue weighted by atomic mass is 32.2. The number of carbonyl (C=O) groups excluding carboxylic acids is 1. The van der Waals surface area contributed by atoms with Crippen LogP contribution in [0.3, 0.4) is 0 Å². The van der Waals surface area contributed by atoms with E-state index in [1.165, 1.54) is 13.4 Å². The van der Waals surface area contributed by atoms with Crippen molar-refractivity contribution in [2.24, 2.45) is 0 Å². The van der Waals surface area contributed by atoms with Crippen molar-refractivity contribution in [3.8, 4) is 0 Å². The molecule has 0 atom stereocenters. The van der Waals surface area contributed by atoms with Crippen molar-refractivity contribution >= 4 is 57.9 Å². The quantitative estimate of drug-likeness (QED) is 0.427. The summed E-state index contributed by atoms with van der Waals surface area (Å²) in [5.74, 6) is -0.236. The molecule has 120 valence electrons. The van der Waals surface area contributed by atoms with Crippen LogP contribution < -0.4 is 0 Å². The monoisotopic (exact) mass is 380 g/mol. The Labute approximate surface area is 153 Å². The average Bonchev–Trinajstić information content (AvgIpc) is 3.26. The molecule has 0 bridgehead atoms. The molecular formula is C17H16O2S4. The molecule has 6 heteroatoms. The molecule has 0 spiro atoms. The maximum atomic E-state index is 11.9. The van der Waals surface area contributed by atoms with Gasteiger partial charge >= 0.3 is 5.97 Å². The molecule has 3 rings (SSSR count). The Balaban J connectivity index is 1.62. The van der Waals surface area contributed by atoms with Gasteiger partial charge < -0.3 is 4.74 Å². The molecule has 0 radical (unpaired) electrons. The number of unbranched alkanes of at least 4 members (excludes halogenated alkanes) is 1. The minimum atomic E-state index is -0.236. The lowest BCUT2D eigenvalue weighted by Crippen LogP contribution is -2.06. The standard InChI is InChI=1S/C17H16O2S4/c1-2-3-8-19-15(18)13-6-4-12(5-7-13)14-11-22-17(23-14)16-20-9-10-21-16/h4-7,9-11H,2-3,8H2,1H3. The Kier molecular flexibility index (Phi) is 6.28. The van der Waals surface area contributed by atoms with Crippen molar-refractivity contribution in [2.75, 3.05) is 6.61 Å². The van der Waals surface area contributed by atoms with Gasteiger partial charge in [-0.1, -0.05) is 72.5 Å². The molecule has 23 heavy (non-hydrogen) atoms. The van der Waals surface area contributed by atoms with E-state index in [9.17, 15) is 4.79 Å². The van der Waals surface area contributed by atoms with E-state index in [1.54, 1.807) is 47.0 Å². The van der Waals surface area contributed by atoms with Gasteiger partial charge in [0.05, 0.1) is 20.6 Å². The van der Waals surface area contributed by atoms with Gasteiger partial charge in [-0.2, -0.15) is 0 Å². The van der Waals surface area contributed by atoms with E-state index in [2.05, 4.69) is 23.1 Å². The molecule has 2 heterocycles. The van der Waals surface area contributed by atoms with Crippen LogP contribution in [-0.4, -0.2) is 12.6 Å². The minimum Gasteiger partial charge on any atom is -0.462 e. The maximum Gasteiger partial charge on any atom is 0.338 e. The normalized spacial score (nSPS) is 16.8. The highest BCUT2D eigenvalue weighted by Gasteiger charge is 2.19. The summed E-state index contributed by atoms with van der Waals surface area (Å²) in [6, 6.07) is 7.69. The number of ether oxygens (including phenoxy) is 1. The van der Waals surface area contributed by atoms with Crippen LogP contribution >= 0.6 is 47.0 Å². The van der Waals surface area contributed by atoms with Gasteiger partial charge in [-0.05, 0) is 40.3 Å². The molecule has 0 aliphatic carbocycles. The molecule has 1 aromatic carbocycles. The van der Waals surface area contributed by atoms with Crippen molar-refractivity contribution in [3.63, 3.8) is 0 Å². The summed E-state index contributed by atoms with van der Waals surface area (Å²) >= 11 is 7.13. The topological polar surface area (TPSA) is 26.3 Å². The van der Waals surface area contributed by atoms with Crippen molar-refractivity contribution in [3.05, 3.63) is 60.1 Å². The van der Waals surface area contributed by atoms with Gasteiger partial charge in [-0.15, -0.1) is 0 Å². The summed E-state index contributed by atoms with van der Waals surface area (Å²) in [5.41, 5.74) is 1.76. The molecule has 2 aliphatic heterocycles. The smallest absolute Gasteiger partial charge is 0.338 e. The van der Waals surface area contributed by atoms with E-state index in [0.29, 0.717) is 12.2 Å². The Bertz CT molecular complexity index is 664. The van der Waals surface area contributed by atoms with Crippen LogP contribution in [0.4, 0.5) is 0 Å². The van der Waals surface area contributed by atoms with Crippen LogP contribution in [0.2, 0.25) is 0 Å². The number of hydrogen-bond acceptors (Lipinski definition) is 6. The van der Waals surface area contributed by atoms with Gasteiger partial charge in [-0.25, -0.2) is 4.79 Å². The number of rotatable bonds is 5. The van der Waals surface area contributed by atoms with Crippen molar-refractivity contribution < 1.29 is 9.53 Å². The van der Waals surface area contributed by atoms with Crippen molar-refractivity contribution in [1.82, 2.24) is 0 Å². The molecule has 1 aromatic rings. The average molecular weight is 381 g/mol. The fraction of sp³-hybridized carbons (Fsp3) is 0.235. The van der Waals surface area contributed by atoms with Crippen LogP contribution in [0.15, 0.2) is 49.0 Å². The Morgan fingerprint density at radius 1 is 1.04 bits per heavy atom. The van der Waals surface area contributed by atoms with Gasteiger partial charge in [0.2, 0.25) is 0 Å². The van der Waals surface area contributed by atoms with Crippen molar-refractivity contribution in [1.29, 1.82) is 0 Å². The Morgan fingerprint density at radius 3 is 2.48 bits per heavy atom. The van der Waals surface area contributed by atoms with Gasteiger partial charge in [0.1, 0.15) is 0 Å². The predicted octanol–water partition coefficient (Wildman–Crippen LogP) is 6.50.